The first kappa shape index (κ1) is 22.0. The molecule has 0 spiro atoms. The number of carbonyl (C=O) groups excluding carboxylic acids is 1. The lowest BCUT2D eigenvalue weighted by Crippen LogP contribution is -2.52. The Hall–Kier alpha value is -3.16. The van der Waals surface area contributed by atoms with Crippen molar-refractivity contribution >= 4 is 15.9 Å². The van der Waals surface area contributed by atoms with Crippen LogP contribution in [0.25, 0.3) is 0 Å². The monoisotopic (exact) mass is 450 g/mol. The number of carbonyl (C=O) groups is 1. The van der Waals surface area contributed by atoms with Crippen molar-refractivity contribution in [3.8, 4) is 5.75 Å². The van der Waals surface area contributed by atoms with Crippen LogP contribution in [-0.2, 0) is 34.3 Å². The second-order valence-corrected chi connectivity index (χ2v) is 9.81. The van der Waals surface area contributed by atoms with Gasteiger partial charge in [0.15, 0.2) is 0 Å². The number of nitrogens with zero attached hydrogens (tertiary/aromatic N) is 1. The maximum Gasteiger partial charge on any atom is 0.244 e. The maximum absolute atomic E-state index is 13.5. The molecule has 6 nitrogen and oxygen atoms in total. The largest absolute Gasteiger partial charge is 0.497 e. The van der Waals surface area contributed by atoms with Gasteiger partial charge in [-0.25, -0.2) is 8.42 Å². The zero-order chi connectivity index (χ0) is 22.7. The van der Waals surface area contributed by atoms with E-state index in [1.165, 1.54) is 23.5 Å². The van der Waals surface area contributed by atoms with Crippen LogP contribution in [0.1, 0.15) is 22.3 Å². The van der Waals surface area contributed by atoms with E-state index in [0.29, 0.717) is 18.7 Å². The quantitative estimate of drug-likeness (QED) is 0.624. The van der Waals surface area contributed by atoms with E-state index in [1.54, 1.807) is 12.1 Å². The molecule has 0 unspecified atom stereocenters. The maximum atomic E-state index is 13.5. The molecule has 1 aliphatic rings. The highest BCUT2D eigenvalue weighted by Crippen LogP contribution is 2.30. The van der Waals surface area contributed by atoms with Gasteiger partial charge in [0.2, 0.25) is 15.9 Å². The highest BCUT2D eigenvalue weighted by atomic mass is 32.2. The first-order chi connectivity index (χ1) is 15.4. The smallest absolute Gasteiger partial charge is 0.244 e. The van der Waals surface area contributed by atoms with E-state index in [-0.39, 0.29) is 17.3 Å². The minimum absolute atomic E-state index is 0.133. The Bertz CT molecular complexity index is 1210. The van der Waals surface area contributed by atoms with Gasteiger partial charge in [0, 0.05) is 13.1 Å². The highest BCUT2D eigenvalue weighted by Gasteiger charge is 2.39. The van der Waals surface area contributed by atoms with Crippen molar-refractivity contribution < 1.29 is 17.9 Å². The number of ether oxygens (including phenoxy) is 1. The summed E-state index contributed by atoms with van der Waals surface area (Å²) in [4.78, 5) is 13.3. The molecule has 0 bridgehead atoms. The number of fused-ring (bicyclic) bond motifs is 1. The second kappa shape index (κ2) is 9.14. The van der Waals surface area contributed by atoms with Gasteiger partial charge in [-0.3, -0.25) is 4.79 Å². The number of methoxy groups -OCH3 is 1. The zero-order valence-electron chi connectivity index (χ0n) is 18.1. The van der Waals surface area contributed by atoms with Crippen molar-refractivity contribution in [1.82, 2.24) is 9.62 Å². The number of aryl methyl sites for hydroxylation is 1. The molecular formula is C25H26N2O4S. The molecule has 32 heavy (non-hydrogen) atoms. The number of amides is 1. The summed E-state index contributed by atoms with van der Waals surface area (Å²) in [5, 5.41) is 2.93. The molecule has 166 valence electrons. The molecule has 0 fully saturated rings. The van der Waals surface area contributed by atoms with Crippen molar-refractivity contribution in [3.05, 3.63) is 95.1 Å². The summed E-state index contributed by atoms with van der Waals surface area (Å²) in [7, 11) is -2.37. The Morgan fingerprint density at radius 2 is 1.66 bits per heavy atom. The van der Waals surface area contributed by atoms with Gasteiger partial charge in [-0.1, -0.05) is 54.1 Å². The van der Waals surface area contributed by atoms with Crippen LogP contribution in [-0.4, -0.2) is 31.8 Å². The minimum atomic E-state index is -3.90. The van der Waals surface area contributed by atoms with Crippen LogP contribution in [0.4, 0.5) is 0 Å². The van der Waals surface area contributed by atoms with Gasteiger partial charge in [0.05, 0.1) is 12.0 Å². The predicted molar refractivity (Wildman–Crippen MR) is 123 cm³/mol. The molecule has 1 N–H and O–H groups in total. The number of nitrogens with one attached hydrogen (secondary N) is 1. The van der Waals surface area contributed by atoms with E-state index in [4.69, 9.17) is 4.74 Å². The molecule has 0 saturated heterocycles. The predicted octanol–water partition coefficient (Wildman–Crippen LogP) is 3.44. The molecule has 0 aromatic heterocycles. The lowest BCUT2D eigenvalue weighted by molar-refractivity contribution is -0.125. The topological polar surface area (TPSA) is 75.7 Å². The van der Waals surface area contributed by atoms with Gasteiger partial charge in [0.1, 0.15) is 11.8 Å². The average molecular weight is 451 g/mol. The van der Waals surface area contributed by atoms with Crippen LogP contribution in [0.15, 0.2) is 77.7 Å². The number of hydrogen-bond donors (Lipinski definition) is 1. The number of sulfonamides is 1. The van der Waals surface area contributed by atoms with Gasteiger partial charge in [-0.2, -0.15) is 4.31 Å². The summed E-state index contributed by atoms with van der Waals surface area (Å²) in [6, 6.07) is 20.9. The third-order valence-corrected chi connectivity index (χ3v) is 7.63. The molecular weight excluding hydrogens is 424 g/mol. The van der Waals surface area contributed by atoms with E-state index in [9.17, 15) is 13.2 Å². The average Bonchev–Trinajstić information content (AvgIpc) is 2.82. The van der Waals surface area contributed by atoms with E-state index < -0.39 is 16.1 Å². The number of hydrogen-bond acceptors (Lipinski definition) is 4. The van der Waals surface area contributed by atoms with Crippen LogP contribution in [0.5, 0.6) is 5.75 Å². The normalized spacial score (nSPS) is 16.2. The second-order valence-electron chi connectivity index (χ2n) is 7.92. The molecule has 1 atom stereocenters. The minimum Gasteiger partial charge on any atom is -0.497 e. The summed E-state index contributed by atoms with van der Waals surface area (Å²) in [5.74, 6) is 0.262. The number of rotatable bonds is 6. The fourth-order valence-corrected chi connectivity index (χ4v) is 5.44. The van der Waals surface area contributed by atoms with Crippen LogP contribution >= 0.6 is 0 Å². The zero-order valence-corrected chi connectivity index (χ0v) is 18.9. The Labute approximate surface area is 188 Å². The molecule has 0 saturated carbocycles. The van der Waals surface area contributed by atoms with Crippen LogP contribution in [0.2, 0.25) is 0 Å². The molecule has 3 aromatic rings. The molecule has 1 aliphatic heterocycles. The van der Waals surface area contributed by atoms with Gasteiger partial charge >= 0.3 is 0 Å². The van der Waals surface area contributed by atoms with Crippen molar-refractivity contribution in [3.63, 3.8) is 0 Å². The SMILES string of the molecule is COc1ccc(S(=O)(=O)N2Cc3ccccc3C[C@H]2C(=O)NCc2ccc(C)cc2)cc1. The van der Waals surface area contributed by atoms with Crippen molar-refractivity contribution in [2.75, 3.05) is 7.11 Å². The van der Waals surface area contributed by atoms with Gasteiger partial charge < -0.3 is 10.1 Å². The summed E-state index contributed by atoms with van der Waals surface area (Å²) >= 11 is 0. The Balaban J connectivity index is 1.62. The Morgan fingerprint density at radius 1 is 1.00 bits per heavy atom. The third kappa shape index (κ3) is 4.54. The number of benzene rings is 3. The molecule has 1 amide bonds. The van der Waals surface area contributed by atoms with Gasteiger partial charge in [0.25, 0.3) is 0 Å². The lowest BCUT2D eigenvalue weighted by atomic mass is 9.95. The van der Waals surface area contributed by atoms with Crippen LogP contribution < -0.4 is 10.1 Å². The van der Waals surface area contributed by atoms with E-state index in [0.717, 1.165) is 22.3 Å². The summed E-state index contributed by atoms with van der Waals surface area (Å²) in [6.07, 6.45) is 0.325. The molecule has 0 radical (unpaired) electrons. The molecule has 1 heterocycles. The fraction of sp³-hybridized carbons (Fsp3) is 0.240. The van der Waals surface area contributed by atoms with E-state index in [2.05, 4.69) is 5.32 Å². The van der Waals surface area contributed by atoms with Gasteiger partial charge in [-0.05, 0) is 54.3 Å². The molecule has 3 aromatic carbocycles. The molecule has 7 heteroatoms. The highest BCUT2D eigenvalue weighted by molar-refractivity contribution is 7.89. The first-order valence-electron chi connectivity index (χ1n) is 10.4. The molecule has 0 aliphatic carbocycles. The Morgan fingerprint density at radius 3 is 2.31 bits per heavy atom. The van der Waals surface area contributed by atoms with E-state index >= 15 is 0 Å². The van der Waals surface area contributed by atoms with Gasteiger partial charge in [-0.15, -0.1) is 0 Å². The first-order valence-corrected chi connectivity index (χ1v) is 11.9. The summed E-state index contributed by atoms with van der Waals surface area (Å²) in [6.45, 7) is 2.49. The lowest BCUT2D eigenvalue weighted by Gasteiger charge is -2.35. The summed E-state index contributed by atoms with van der Waals surface area (Å²) < 4.78 is 33.5. The van der Waals surface area contributed by atoms with Crippen molar-refractivity contribution in [2.45, 2.75) is 37.4 Å². The standard InChI is InChI=1S/C25H26N2O4S/c1-18-7-9-19(10-8-18)16-26-25(28)24-15-20-5-3-4-6-21(20)17-27(24)32(29,30)23-13-11-22(31-2)12-14-23/h3-14,24H,15-17H2,1-2H3,(H,26,28)/t24-/m0/s1. The Kier molecular flexibility index (Phi) is 6.30. The fourth-order valence-electron chi connectivity index (χ4n) is 3.87. The van der Waals surface area contributed by atoms with Crippen molar-refractivity contribution in [1.29, 1.82) is 0 Å². The van der Waals surface area contributed by atoms with E-state index in [1.807, 2.05) is 55.5 Å². The van der Waals surface area contributed by atoms with Crippen LogP contribution in [0.3, 0.4) is 0 Å². The van der Waals surface area contributed by atoms with Crippen molar-refractivity contribution in [2.24, 2.45) is 0 Å². The third-order valence-electron chi connectivity index (χ3n) is 5.76. The summed E-state index contributed by atoms with van der Waals surface area (Å²) in [5.41, 5.74) is 4.00. The molecule has 4 rings (SSSR count). The van der Waals surface area contributed by atoms with Crippen LogP contribution in [0, 0.1) is 6.92 Å².